The van der Waals surface area contributed by atoms with E-state index in [0.29, 0.717) is 18.5 Å². The summed E-state index contributed by atoms with van der Waals surface area (Å²) in [7, 11) is -10.5. The van der Waals surface area contributed by atoms with Crippen molar-refractivity contribution in [2.24, 2.45) is 5.73 Å². The van der Waals surface area contributed by atoms with Gasteiger partial charge in [-0.25, -0.2) is 4.57 Å². The quantitative estimate of drug-likeness (QED) is 0.346. The first-order chi connectivity index (χ1) is 11.2. The van der Waals surface area contributed by atoms with Crippen molar-refractivity contribution in [3.05, 3.63) is 41.5 Å². The highest BCUT2D eigenvalue weighted by Crippen LogP contribution is 2.85. The van der Waals surface area contributed by atoms with Gasteiger partial charge >= 0.3 is 14.3 Å². The number of unbranched alkanes of at least 4 members (excludes halogenated alkanes) is 2. The van der Waals surface area contributed by atoms with E-state index in [4.69, 9.17) is 5.73 Å². The fourth-order valence-corrected chi connectivity index (χ4v) is 7.10. The normalized spacial score (nSPS) is 23.7. The SMILES string of the molecule is NCCCCCC(O)C1(P(=O)(O)P(=O)(O)O)C=Cc2ccccc21. The average Bonchev–Trinajstić information content (AvgIpc) is 2.91. The molecule has 1 aromatic rings. The number of hydrogen-bond acceptors (Lipinski definition) is 4. The molecule has 24 heavy (non-hydrogen) atoms. The first-order valence-corrected chi connectivity index (χ1v) is 11.7. The van der Waals surface area contributed by atoms with Gasteiger partial charge in [-0.05, 0) is 30.5 Å². The lowest BCUT2D eigenvalue weighted by atomic mass is 9.91. The van der Waals surface area contributed by atoms with Crippen molar-refractivity contribution < 1.29 is 28.9 Å². The van der Waals surface area contributed by atoms with Gasteiger partial charge in [-0.3, -0.25) is 4.57 Å². The van der Waals surface area contributed by atoms with Crippen molar-refractivity contribution in [1.82, 2.24) is 0 Å². The Morgan fingerprint density at radius 3 is 2.38 bits per heavy atom. The molecular weight excluding hydrogens is 352 g/mol. The Morgan fingerprint density at radius 1 is 1.08 bits per heavy atom. The molecule has 7 nitrogen and oxygen atoms in total. The standard InChI is InChI=1S/C15H23NO6P2/c16-11-5-1-2-8-14(17)15(23(18,19)24(20,21)22)10-9-12-6-3-4-7-13(12)15/h3-4,6-7,9-10,14,17H,1-2,5,8,11,16H2,(H,18,19)(H2,20,21,22). The Kier molecular flexibility index (Phi) is 5.88. The van der Waals surface area contributed by atoms with Crippen LogP contribution in [0.4, 0.5) is 0 Å². The van der Waals surface area contributed by atoms with Gasteiger partial charge in [-0.1, -0.05) is 49.3 Å². The molecule has 3 unspecified atom stereocenters. The average molecular weight is 375 g/mol. The van der Waals surface area contributed by atoms with Crippen molar-refractivity contribution in [2.75, 3.05) is 6.54 Å². The minimum absolute atomic E-state index is 0.142. The third-order valence-corrected chi connectivity index (χ3v) is 9.90. The first-order valence-electron chi connectivity index (χ1n) is 7.74. The predicted molar refractivity (Wildman–Crippen MR) is 92.6 cm³/mol. The lowest BCUT2D eigenvalue weighted by molar-refractivity contribution is 0.124. The maximum Gasteiger partial charge on any atom is 0.408 e. The largest absolute Gasteiger partial charge is 0.408 e. The molecule has 6 N–H and O–H groups in total. The lowest BCUT2D eigenvalue weighted by Crippen LogP contribution is -2.36. The van der Waals surface area contributed by atoms with Gasteiger partial charge in [0.2, 0.25) is 0 Å². The van der Waals surface area contributed by atoms with Crippen LogP contribution in [-0.4, -0.2) is 32.4 Å². The Morgan fingerprint density at radius 2 is 1.75 bits per heavy atom. The summed E-state index contributed by atoms with van der Waals surface area (Å²) in [6.07, 6.45) is 3.56. The molecule has 0 aliphatic heterocycles. The van der Waals surface area contributed by atoms with Gasteiger partial charge < -0.3 is 25.5 Å². The molecule has 134 valence electrons. The molecule has 0 radical (unpaired) electrons. The number of benzene rings is 1. The third-order valence-electron chi connectivity index (χ3n) is 4.43. The summed E-state index contributed by atoms with van der Waals surface area (Å²) in [6, 6.07) is 6.53. The van der Waals surface area contributed by atoms with Crippen LogP contribution in [0.2, 0.25) is 0 Å². The predicted octanol–water partition coefficient (Wildman–Crippen LogP) is 2.15. The van der Waals surface area contributed by atoms with Crippen LogP contribution in [0.3, 0.4) is 0 Å². The van der Waals surface area contributed by atoms with Gasteiger partial charge in [0.05, 0.1) is 6.10 Å². The Bertz CT molecular complexity index is 716. The zero-order valence-corrected chi connectivity index (χ0v) is 14.9. The summed E-state index contributed by atoms with van der Waals surface area (Å²) in [5.74, 6) is 0. The highest BCUT2D eigenvalue weighted by Gasteiger charge is 2.62. The van der Waals surface area contributed by atoms with Crippen molar-refractivity contribution in [3.8, 4) is 0 Å². The van der Waals surface area contributed by atoms with E-state index in [1.165, 1.54) is 18.2 Å². The van der Waals surface area contributed by atoms with E-state index in [2.05, 4.69) is 0 Å². The van der Waals surface area contributed by atoms with Crippen LogP contribution in [0.15, 0.2) is 30.3 Å². The molecular formula is C15H23NO6P2. The van der Waals surface area contributed by atoms with Crippen LogP contribution < -0.4 is 5.73 Å². The van der Waals surface area contributed by atoms with Crippen LogP contribution >= 0.6 is 14.3 Å². The molecule has 0 spiro atoms. The second-order valence-corrected chi connectivity index (χ2v) is 12.0. The minimum Gasteiger partial charge on any atom is -0.391 e. The van der Waals surface area contributed by atoms with E-state index in [0.717, 1.165) is 12.8 Å². The summed E-state index contributed by atoms with van der Waals surface area (Å²) in [4.78, 5) is 29.4. The molecule has 0 heterocycles. The molecule has 0 bridgehead atoms. The van der Waals surface area contributed by atoms with E-state index < -0.39 is 25.6 Å². The highest BCUT2D eigenvalue weighted by molar-refractivity contribution is 8.29. The first kappa shape index (κ1) is 19.5. The summed E-state index contributed by atoms with van der Waals surface area (Å²) >= 11 is 0. The van der Waals surface area contributed by atoms with E-state index in [9.17, 15) is 28.9 Å². The van der Waals surface area contributed by atoms with E-state index in [-0.39, 0.29) is 12.0 Å². The van der Waals surface area contributed by atoms with Gasteiger partial charge in [0.25, 0.3) is 0 Å². The third kappa shape index (κ3) is 3.18. The van der Waals surface area contributed by atoms with Gasteiger partial charge in [0.15, 0.2) is 0 Å². The number of hydrogen-bond donors (Lipinski definition) is 5. The number of fused-ring (bicyclic) bond motifs is 1. The molecule has 2 rings (SSSR count). The molecule has 0 saturated heterocycles. The van der Waals surface area contributed by atoms with Crippen molar-refractivity contribution in [3.63, 3.8) is 0 Å². The number of aliphatic hydroxyl groups excluding tert-OH is 1. The van der Waals surface area contributed by atoms with Crippen molar-refractivity contribution in [1.29, 1.82) is 0 Å². The summed E-state index contributed by atoms with van der Waals surface area (Å²) in [6.45, 7) is 0.505. The molecule has 0 aromatic heterocycles. The monoisotopic (exact) mass is 375 g/mol. The fraction of sp³-hybridized carbons (Fsp3) is 0.467. The molecule has 1 aromatic carbocycles. The molecule has 9 heteroatoms. The van der Waals surface area contributed by atoms with Crippen LogP contribution in [0.1, 0.15) is 36.8 Å². The molecule has 1 aliphatic carbocycles. The number of rotatable bonds is 8. The molecule has 3 atom stereocenters. The fourth-order valence-electron chi connectivity index (χ4n) is 3.15. The highest BCUT2D eigenvalue weighted by atomic mass is 32.1. The number of aliphatic hydroxyl groups is 1. The summed E-state index contributed by atoms with van der Waals surface area (Å²) in [5.41, 5.74) is 6.26. The zero-order valence-electron chi connectivity index (χ0n) is 13.2. The summed E-state index contributed by atoms with van der Waals surface area (Å²) < 4.78 is 24.6. The van der Waals surface area contributed by atoms with Crippen molar-refractivity contribution in [2.45, 2.75) is 36.9 Å². The van der Waals surface area contributed by atoms with Gasteiger partial charge in [-0.15, -0.1) is 0 Å². The Balaban J connectivity index is 2.48. The van der Waals surface area contributed by atoms with Gasteiger partial charge in [-0.2, -0.15) is 0 Å². The second kappa shape index (κ2) is 7.22. The second-order valence-electron chi connectivity index (χ2n) is 5.96. The van der Waals surface area contributed by atoms with Gasteiger partial charge in [0.1, 0.15) is 5.16 Å². The lowest BCUT2D eigenvalue weighted by Gasteiger charge is -2.37. The topological polar surface area (TPSA) is 141 Å². The maximum absolute atomic E-state index is 12.8. The van der Waals surface area contributed by atoms with E-state index >= 15 is 0 Å². The molecule has 0 amide bonds. The minimum atomic E-state index is -5.36. The maximum atomic E-state index is 12.8. The van der Waals surface area contributed by atoms with E-state index in [1.807, 2.05) is 0 Å². The van der Waals surface area contributed by atoms with Crippen LogP contribution in [-0.2, 0) is 14.3 Å². The zero-order chi connectivity index (χ0) is 18.0. The van der Waals surface area contributed by atoms with Crippen LogP contribution in [0, 0.1) is 0 Å². The smallest absolute Gasteiger partial charge is 0.391 e. The molecule has 0 saturated carbocycles. The van der Waals surface area contributed by atoms with Gasteiger partial charge in [0, 0.05) is 0 Å². The molecule has 0 fully saturated rings. The van der Waals surface area contributed by atoms with Crippen LogP contribution in [0.25, 0.3) is 6.08 Å². The summed E-state index contributed by atoms with van der Waals surface area (Å²) in [5, 5.41) is 8.69. The van der Waals surface area contributed by atoms with Crippen molar-refractivity contribution >= 4 is 20.4 Å². The Labute approximate surface area is 140 Å². The Hall–Kier alpha value is -0.780. The number of nitrogens with two attached hydrogens (primary N) is 1. The van der Waals surface area contributed by atoms with E-state index in [1.54, 1.807) is 18.2 Å². The molecule has 1 aliphatic rings. The van der Waals surface area contributed by atoms with Crippen LogP contribution in [0.5, 0.6) is 0 Å².